The van der Waals surface area contributed by atoms with Crippen molar-refractivity contribution in [3.05, 3.63) is 60.2 Å². The number of hydrogen-bond acceptors (Lipinski definition) is 1. The molecule has 1 aromatic carbocycles. The van der Waals surface area contributed by atoms with E-state index in [0.29, 0.717) is 5.92 Å². The van der Waals surface area contributed by atoms with Gasteiger partial charge in [0.25, 0.3) is 0 Å². The van der Waals surface area contributed by atoms with Crippen LogP contribution >= 0.6 is 0 Å². The van der Waals surface area contributed by atoms with Crippen molar-refractivity contribution in [1.82, 2.24) is 0 Å². The maximum Gasteiger partial charge on any atom is 0.0870 e. The van der Waals surface area contributed by atoms with Crippen molar-refractivity contribution in [1.29, 1.82) is 0 Å². The first kappa shape index (κ1) is 11.2. The average Bonchev–Trinajstić information content (AvgIpc) is 2.29. The molecule has 3 unspecified atom stereocenters. The van der Waals surface area contributed by atoms with Crippen LogP contribution in [0.15, 0.2) is 54.6 Å². The van der Waals surface area contributed by atoms with Gasteiger partial charge in [-0.05, 0) is 18.4 Å². The summed E-state index contributed by atoms with van der Waals surface area (Å²) < 4.78 is 0. The molecule has 1 aromatic rings. The van der Waals surface area contributed by atoms with E-state index in [2.05, 4.69) is 25.1 Å². The summed E-state index contributed by atoms with van der Waals surface area (Å²) in [6.45, 7) is 4.04. The normalized spacial score (nSPS) is 30.3. The van der Waals surface area contributed by atoms with Gasteiger partial charge < -0.3 is 5.11 Å². The molecule has 0 bridgehead atoms. The lowest BCUT2D eigenvalue weighted by Gasteiger charge is -2.34. The lowest BCUT2D eigenvalue weighted by Crippen LogP contribution is -2.35. The second kappa shape index (κ2) is 4.26. The molecule has 1 nitrogen and oxygen atoms in total. The molecule has 0 amide bonds. The molecule has 0 spiro atoms. The Kier molecular flexibility index (Phi) is 2.97. The zero-order chi connectivity index (χ0) is 11.6. The number of allylic oxidation sites excluding steroid dienone is 2. The van der Waals surface area contributed by atoms with Gasteiger partial charge in [-0.15, -0.1) is 0 Å². The van der Waals surface area contributed by atoms with Crippen molar-refractivity contribution in [2.24, 2.45) is 5.92 Å². The molecule has 0 saturated heterocycles. The van der Waals surface area contributed by atoms with Crippen molar-refractivity contribution < 1.29 is 5.11 Å². The summed E-state index contributed by atoms with van der Waals surface area (Å²) in [7, 11) is 0. The molecule has 2 rings (SSSR count). The zero-order valence-electron chi connectivity index (χ0n) is 9.80. The molecule has 84 valence electrons. The van der Waals surface area contributed by atoms with E-state index in [0.717, 1.165) is 0 Å². The van der Waals surface area contributed by atoms with Gasteiger partial charge in [0, 0.05) is 5.92 Å². The number of hydrogen-bond donors (Lipinski definition) is 1. The van der Waals surface area contributed by atoms with Crippen LogP contribution in [-0.4, -0.2) is 10.7 Å². The molecule has 16 heavy (non-hydrogen) atoms. The second-order valence-electron chi connectivity index (χ2n) is 4.69. The summed E-state index contributed by atoms with van der Waals surface area (Å²) in [5.74, 6) is 0.456. The quantitative estimate of drug-likeness (QED) is 0.801. The van der Waals surface area contributed by atoms with E-state index in [1.165, 1.54) is 5.56 Å². The summed E-state index contributed by atoms with van der Waals surface area (Å²) in [4.78, 5) is 0. The molecule has 1 heteroatoms. The Bertz CT molecular complexity index is 401. The Hall–Kier alpha value is -1.34. The first-order chi connectivity index (χ1) is 7.61. The van der Waals surface area contributed by atoms with Crippen LogP contribution in [0.1, 0.15) is 25.3 Å². The molecular weight excluding hydrogens is 196 g/mol. The van der Waals surface area contributed by atoms with Gasteiger partial charge in [0.05, 0.1) is 5.60 Å². The Morgan fingerprint density at radius 1 is 1.19 bits per heavy atom. The van der Waals surface area contributed by atoms with E-state index >= 15 is 0 Å². The van der Waals surface area contributed by atoms with Gasteiger partial charge in [0.1, 0.15) is 0 Å². The third-order valence-electron chi connectivity index (χ3n) is 3.40. The summed E-state index contributed by atoms with van der Waals surface area (Å²) in [6, 6.07) is 10.3. The monoisotopic (exact) mass is 214 g/mol. The predicted octanol–water partition coefficient (Wildman–Crippen LogP) is 3.28. The van der Waals surface area contributed by atoms with Crippen LogP contribution in [0.3, 0.4) is 0 Å². The fourth-order valence-corrected chi connectivity index (χ4v) is 2.38. The Balaban J connectivity index is 2.26. The van der Waals surface area contributed by atoms with Crippen LogP contribution in [-0.2, 0) is 0 Å². The first-order valence-electron chi connectivity index (χ1n) is 5.74. The van der Waals surface area contributed by atoms with Crippen LogP contribution in [0.25, 0.3) is 0 Å². The van der Waals surface area contributed by atoms with Crippen LogP contribution < -0.4 is 0 Å². The number of aliphatic hydroxyl groups is 1. The lowest BCUT2D eigenvalue weighted by atomic mass is 9.75. The third kappa shape index (κ3) is 2.10. The molecule has 0 saturated carbocycles. The minimum atomic E-state index is -0.746. The first-order valence-corrected chi connectivity index (χ1v) is 5.74. The molecule has 3 atom stereocenters. The lowest BCUT2D eigenvalue weighted by molar-refractivity contribution is 0.0558. The fraction of sp³-hybridized carbons (Fsp3) is 0.333. The highest BCUT2D eigenvalue weighted by atomic mass is 16.3. The highest BCUT2D eigenvalue weighted by Gasteiger charge is 2.33. The minimum Gasteiger partial charge on any atom is -0.385 e. The zero-order valence-corrected chi connectivity index (χ0v) is 9.80. The van der Waals surface area contributed by atoms with Gasteiger partial charge in [-0.2, -0.15) is 0 Å². The molecule has 0 heterocycles. The van der Waals surface area contributed by atoms with Gasteiger partial charge in [0.2, 0.25) is 0 Å². The van der Waals surface area contributed by atoms with Crippen molar-refractivity contribution in [2.45, 2.75) is 25.4 Å². The highest BCUT2D eigenvalue weighted by molar-refractivity contribution is 5.28. The van der Waals surface area contributed by atoms with Crippen molar-refractivity contribution in [2.75, 3.05) is 0 Å². The van der Waals surface area contributed by atoms with E-state index in [1.54, 1.807) is 0 Å². The molecule has 1 aliphatic rings. The highest BCUT2D eigenvalue weighted by Crippen LogP contribution is 2.36. The SMILES string of the molecule is CC(c1ccccc1)C1C=CC=CC1(C)O. The molecule has 0 fully saturated rings. The van der Waals surface area contributed by atoms with E-state index in [4.69, 9.17) is 0 Å². The molecular formula is C15H18O. The van der Waals surface area contributed by atoms with Gasteiger partial charge in [0.15, 0.2) is 0 Å². The summed E-state index contributed by atoms with van der Waals surface area (Å²) in [5.41, 5.74) is 0.525. The van der Waals surface area contributed by atoms with Gasteiger partial charge >= 0.3 is 0 Å². The summed E-state index contributed by atoms with van der Waals surface area (Å²) in [6.07, 6.45) is 7.89. The van der Waals surface area contributed by atoms with Crippen molar-refractivity contribution >= 4 is 0 Å². The second-order valence-corrected chi connectivity index (χ2v) is 4.69. The average molecular weight is 214 g/mol. The van der Waals surface area contributed by atoms with Gasteiger partial charge in [-0.1, -0.05) is 61.6 Å². The number of benzene rings is 1. The maximum atomic E-state index is 10.3. The molecule has 0 aliphatic heterocycles. The molecule has 1 N–H and O–H groups in total. The van der Waals surface area contributed by atoms with Gasteiger partial charge in [-0.3, -0.25) is 0 Å². The van der Waals surface area contributed by atoms with E-state index in [-0.39, 0.29) is 5.92 Å². The van der Waals surface area contributed by atoms with Crippen molar-refractivity contribution in [3.8, 4) is 0 Å². The molecule has 1 aliphatic carbocycles. The standard InChI is InChI=1S/C15H18O/c1-12(13-8-4-3-5-9-13)14-10-6-7-11-15(14,2)16/h3-12,14,16H,1-2H3. The van der Waals surface area contributed by atoms with Gasteiger partial charge in [-0.25, -0.2) is 0 Å². The molecule has 0 aromatic heterocycles. The van der Waals surface area contributed by atoms with E-state index in [1.807, 2.05) is 43.4 Å². The minimum absolute atomic E-state index is 0.139. The predicted molar refractivity (Wildman–Crippen MR) is 67.3 cm³/mol. The van der Waals surface area contributed by atoms with Crippen LogP contribution in [0.2, 0.25) is 0 Å². The topological polar surface area (TPSA) is 20.2 Å². The Morgan fingerprint density at radius 2 is 1.88 bits per heavy atom. The van der Waals surface area contributed by atoms with E-state index < -0.39 is 5.60 Å². The Labute approximate surface area is 97.1 Å². The Morgan fingerprint density at radius 3 is 2.50 bits per heavy atom. The van der Waals surface area contributed by atoms with E-state index in [9.17, 15) is 5.11 Å². The maximum absolute atomic E-state index is 10.3. The fourth-order valence-electron chi connectivity index (χ4n) is 2.38. The van der Waals surface area contributed by atoms with Crippen molar-refractivity contribution in [3.63, 3.8) is 0 Å². The van der Waals surface area contributed by atoms with Crippen LogP contribution in [0.4, 0.5) is 0 Å². The molecule has 0 radical (unpaired) electrons. The third-order valence-corrected chi connectivity index (χ3v) is 3.40. The number of rotatable bonds is 2. The summed E-state index contributed by atoms with van der Waals surface area (Å²) >= 11 is 0. The smallest absolute Gasteiger partial charge is 0.0870 e. The van der Waals surface area contributed by atoms with Crippen LogP contribution in [0.5, 0.6) is 0 Å². The van der Waals surface area contributed by atoms with Crippen LogP contribution in [0, 0.1) is 5.92 Å². The largest absolute Gasteiger partial charge is 0.385 e. The summed E-state index contributed by atoms with van der Waals surface area (Å²) in [5, 5.41) is 10.3.